The van der Waals surface area contributed by atoms with Gasteiger partial charge in [-0.05, 0) is 61.7 Å². The van der Waals surface area contributed by atoms with Gasteiger partial charge in [0, 0.05) is 43.0 Å². The lowest BCUT2D eigenvalue weighted by Gasteiger charge is -2.33. The first kappa shape index (κ1) is 19.9. The van der Waals surface area contributed by atoms with E-state index >= 15 is 0 Å². The molecule has 0 aliphatic carbocycles. The largest absolute Gasteiger partial charge is 0.378 e. The van der Waals surface area contributed by atoms with Crippen molar-refractivity contribution in [1.82, 2.24) is 15.0 Å². The van der Waals surface area contributed by atoms with Crippen LogP contribution < -0.4 is 10.2 Å². The van der Waals surface area contributed by atoms with Crippen molar-refractivity contribution in [2.45, 2.75) is 39.2 Å². The number of anilines is 2. The fraction of sp³-hybridized carbons (Fsp3) is 0.320. The van der Waals surface area contributed by atoms with Gasteiger partial charge in [-0.25, -0.2) is 15.0 Å². The molecule has 158 valence electrons. The zero-order valence-electron chi connectivity index (χ0n) is 18.2. The Kier molecular flexibility index (Phi) is 5.32. The van der Waals surface area contributed by atoms with Crippen LogP contribution in [0.4, 0.5) is 11.5 Å². The van der Waals surface area contributed by atoms with Gasteiger partial charge in [0.15, 0.2) is 0 Å². The van der Waals surface area contributed by atoms with E-state index in [1.54, 1.807) is 11.3 Å². The molecule has 0 saturated carbocycles. The molecule has 4 aromatic rings. The molecule has 1 aliphatic rings. The highest BCUT2D eigenvalue weighted by molar-refractivity contribution is 7.21. The van der Waals surface area contributed by atoms with E-state index in [0.717, 1.165) is 59.2 Å². The molecule has 0 amide bonds. The Morgan fingerprint density at radius 2 is 1.97 bits per heavy atom. The average Bonchev–Trinajstić information content (AvgIpc) is 3.20. The minimum absolute atomic E-state index is 0.221. The van der Waals surface area contributed by atoms with Gasteiger partial charge in [-0.15, -0.1) is 11.3 Å². The lowest BCUT2D eigenvalue weighted by molar-refractivity contribution is 0.629. The number of hydrogen-bond donors (Lipinski definition) is 1. The van der Waals surface area contributed by atoms with Gasteiger partial charge in [-0.3, -0.25) is 0 Å². The molecular weight excluding hydrogens is 402 g/mol. The molecule has 0 radical (unpaired) electrons. The first-order valence-electron chi connectivity index (χ1n) is 10.9. The molecule has 0 fully saturated rings. The van der Waals surface area contributed by atoms with Crippen LogP contribution in [-0.2, 0) is 6.42 Å². The van der Waals surface area contributed by atoms with Gasteiger partial charge in [0.05, 0.1) is 16.3 Å². The van der Waals surface area contributed by atoms with Crippen LogP contribution in [0.25, 0.3) is 20.8 Å². The van der Waals surface area contributed by atoms with Crippen molar-refractivity contribution < 1.29 is 0 Å². The summed E-state index contributed by atoms with van der Waals surface area (Å²) in [6.45, 7) is 5.27. The van der Waals surface area contributed by atoms with Crippen molar-refractivity contribution in [3.63, 3.8) is 0 Å². The normalized spacial score (nSPS) is 15.8. The first-order valence-corrected chi connectivity index (χ1v) is 11.7. The summed E-state index contributed by atoms with van der Waals surface area (Å²) < 4.78 is 1.24. The number of fused-ring (bicyclic) bond motifs is 2. The second kappa shape index (κ2) is 8.27. The van der Waals surface area contributed by atoms with Gasteiger partial charge >= 0.3 is 0 Å². The summed E-state index contributed by atoms with van der Waals surface area (Å²) >= 11 is 1.75. The molecule has 1 aliphatic heterocycles. The summed E-state index contributed by atoms with van der Waals surface area (Å²) in [6, 6.07) is 15.3. The number of aryl methyl sites for hydroxylation is 2. The minimum Gasteiger partial charge on any atom is -0.378 e. The predicted molar refractivity (Wildman–Crippen MR) is 130 cm³/mol. The maximum Gasteiger partial charge on any atom is 0.137 e. The number of nitrogens with zero attached hydrogens (tertiary/aromatic N) is 4. The zero-order valence-corrected chi connectivity index (χ0v) is 19.0. The average molecular weight is 430 g/mol. The standard InChI is InChI=1S/C25H27N5S/c1-4-5-23-26-15-19-20(12-13-30(3)24(19)29-23)27-18-9-7-17(8-10-18)25-28-21-11-6-16(2)14-22(21)31-25/h6-11,14-15,20,27H,4-5,12-13H2,1-3H3. The van der Waals surface area contributed by atoms with Crippen LogP contribution in [0.15, 0.2) is 48.7 Å². The molecule has 2 aromatic carbocycles. The highest BCUT2D eigenvalue weighted by Crippen LogP contribution is 2.35. The van der Waals surface area contributed by atoms with Crippen molar-refractivity contribution in [2.24, 2.45) is 0 Å². The van der Waals surface area contributed by atoms with Crippen molar-refractivity contribution >= 4 is 33.1 Å². The quantitative estimate of drug-likeness (QED) is 0.421. The van der Waals surface area contributed by atoms with Crippen LogP contribution in [0.5, 0.6) is 0 Å². The molecular formula is C25H27N5S. The van der Waals surface area contributed by atoms with E-state index in [0.29, 0.717) is 0 Å². The third-order valence-corrected chi connectivity index (χ3v) is 6.89. The number of thiazole rings is 1. The molecule has 0 spiro atoms. The van der Waals surface area contributed by atoms with E-state index in [-0.39, 0.29) is 6.04 Å². The van der Waals surface area contributed by atoms with E-state index in [1.807, 2.05) is 6.20 Å². The summed E-state index contributed by atoms with van der Waals surface area (Å²) in [5.41, 5.74) is 5.78. The Morgan fingerprint density at radius 3 is 2.77 bits per heavy atom. The number of hydrogen-bond acceptors (Lipinski definition) is 6. The Bertz CT molecular complexity index is 1210. The van der Waals surface area contributed by atoms with E-state index in [1.165, 1.54) is 15.8 Å². The Hall–Kier alpha value is -2.99. The van der Waals surface area contributed by atoms with Crippen LogP contribution >= 0.6 is 11.3 Å². The van der Waals surface area contributed by atoms with Crippen molar-refractivity contribution in [2.75, 3.05) is 23.8 Å². The highest BCUT2D eigenvalue weighted by Gasteiger charge is 2.25. The number of nitrogens with one attached hydrogen (secondary N) is 1. The maximum atomic E-state index is 4.82. The van der Waals surface area contributed by atoms with Crippen molar-refractivity contribution in [3.05, 3.63) is 65.6 Å². The summed E-state index contributed by atoms with van der Waals surface area (Å²) in [7, 11) is 2.12. The van der Waals surface area contributed by atoms with Gasteiger partial charge in [0.1, 0.15) is 16.6 Å². The summed E-state index contributed by atoms with van der Waals surface area (Å²) in [5, 5.41) is 4.76. The predicted octanol–water partition coefficient (Wildman–Crippen LogP) is 6.01. The minimum atomic E-state index is 0.221. The molecule has 2 aromatic heterocycles. The number of aromatic nitrogens is 3. The molecule has 0 bridgehead atoms. The third-order valence-electron chi connectivity index (χ3n) is 5.83. The fourth-order valence-corrected chi connectivity index (χ4v) is 5.18. The Balaban J connectivity index is 1.37. The van der Waals surface area contributed by atoms with Gasteiger partial charge < -0.3 is 10.2 Å². The van der Waals surface area contributed by atoms with Crippen LogP contribution in [0.1, 0.15) is 42.8 Å². The summed E-state index contributed by atoms with van der Waals surface area (Å²) in [6.07, 6.45) is 5.02. The molecule has 0 saturated heterocycles. The lowest BCUT2D eigenvalue weighted by Crippen LogP contribution is -2.31. The molecule has 6 heteroatoms. The van der Waals surface area contributed by atoms with Crippen LogP contribution in [0, 0.1) is 6.92 Å². The molecule has 1 atom stereocenters. The van der Waals surface area contributed by atoms with Crippen molar-refractivity contribution in [1.29, 1.82) is 0 Å². The topological polar surface area (TPSA) is 53.9 Å². The molecule has 31 heavy (non-hydrogen) atoms. The van der Waals surface area contributed by atoms with E-state index in [9.17, 15) is 0 Å². The smallest absolute Gasteiger partial charge is 0.137 e. The number of benzene rings is 2. The Labute approximate surface area is 187 Å². The lowest BCUT2D eigenvalue weighted by atomic mass is 10.0. The van der Waals surface area contributed by atoms with E-state index in [4.69, 9.17) is 9.97 Å². The summed E-state index contributed by atoms with van der Waals surface area (Å²) in [4.78, 5) is 16.5. The first-order chi connectivity index (χ1) is 15.1. The second-order valence-electron chi connectivity index (χ2n) is 8.29. The van der Waals surface area contributed by atoms with Crippen molar-refractivity contribution in [3.8, 4) is 10.6 Å². The van der Waals surface area contributed by atoms with Gasteiger partial charge in [0.2, 0.25) is 0 Å². The van der Waals surface area contributed by atoms with Gasteiger partial charge in [-0.2, -0.15) is 0 Å². The zero-order chi connectivity index (χ0) is 21.4. The third kappa shape index (κ3) is 4.00. The second-order valence-corrected chi connectivity index (χ2v) is 9.32. The molecule has 1 N–H and O–H groups in total. The van der Waals surface area contributed by atoms with Gasteiger partial charge in [-0.1, -0.05) is 13.0 Å². The summed E-state index contributed by atoms with van der Waals surface area (Å²) in [5.74, 6) is 1.99. The fourth-order valence-electron chi connectivity index (χ4n) is 4.11. The van der Waals surface area contributed by atoms with Crippen LogP contribution in [0.2, 0.25) is 0 Å². The monoisotopic (exact) mass is 429 g/mol. The molecule has 1 unspecified atom stereocenters. The Morgan fingerprint density at radius 1 is 1.13 bits per heavy atom. The highest BCUT2D eigenvalue weighted by atomic mass is 32.1. The van der Waals surface area contributed by atoms with Crippen LogP contribution in [-0.4, -0.2) is 28.5 Å². The maximum absolute atomic E-state index is 4.82. The SMILES string of the molecule is CCCc1ncc2c(n1)N(C)CCC2Nc1ccc(-c2nc3ccc(C)cc3s2)cc1. The molecule has 5 rings (SSSR count). The van der Waals surface area contributed by atoms with E-state index in [2.05, 4.69) is 78.6 Å². The van der Waals surface area contributed by atoms with E-state index < -0.39 is 0 Å². The van der Waals surface area contributed by atoms with Gasteiger partial charge in [0.25, 0.3) is 0 Å². The molecule has 5 nitrogen and oxygen atoms in total. The molecule has 3 heterocycles. The van der Waals surface area contributed by atoms with Crippen LogP contribution in [0.3, 0.4) is 0 Å². The number of rotatable bonds is 5.